The highest BCUT2D eigenvalue weighted by Gasteiger charge is 2.14. The largest absolute Gasteiger partial charge is 0.353 e. The fraction of sp³-hybridized carbons (Fsp3) is 0.917. The molecule has 0 saturated carbocycles. The van der Waals surface area contributed by atoms with Gasteiger partial charge in [-0.15, -0.1) is 0 Å². The van der Waals surface area contributed by atoms with Crippen molar-refractivity contribution in [2.24, 2.45) is 5.73 Å². The molecule has 0 aromatic heterocycles. The predicted molar refractivity (Wildman–Crippen MR) is 66.2 cm³/mol. The first-order valence-electron chi connectivity index (χ1n) is 6.49. The van der Waals surface area contributed by atoms with Crippen molar-refractivity contribution in [2.75, 3.05) is 26.2 Å². The lowest BCUT2D eigenvalue weighted by molar-refractivity contribution is -0.122. The van der Waals surface area contributed by atoms with Gasteiger partial charge in [0.25, 0.3) is 0 Å². The molecular formula is C12H25N3O. The Morgan fingerprint density at radius 2 is 2.12 bits per heavy atom. The molecule has 0 spiro atoms. The lowest BCUT2D eigenvalue weighted by atomic mass is 10.1. The second-order valence-corrected chi connectivity index (χ2v) is 4.59. The third-order valence-corrected chi connectivity index (χ3v) is 3.13. The molecule has 1 saturated heterocycles. The van der Waals surface area contributed by atoms with Crippen molar-refractivity contribution in [2.45, 2.75) is 45.1 Å². The van der Waals surface area contributed by atoms with E-state index in [1.54, 1.807) is 0 Å². The average molecular weight is 227 g/mol. The minimum absolute atomic E-state index is 0.00708. The zero-order valence-corrected chi connectivity index (χ0v) is 10.4. The van der Waals surface area contributed by atoms with Crippen LogP contribution in [0, 0.1) is 0 Å². The second-order valence-electron chi connectivity index (χ2n) is 4.59. The lowest BCUT2D eigenvalue weighted by Gasteiger charge is -2.16. The normalized spacial score (nSPS) is 18.6. The minimum Gasteiger partial charge on any atom is -0.353 e. The first-order chi connectivity index (χ1) is 7.74. The Morgan fingerprint density at radius 3 is 2.75 bits per heavy atom. The minimum atomic E-state index is -0.321. The third-order valence-electron chi connectivity index (χ3n) is 3.13. The Kier molecular flexibility index (Phi) is 6.42. The smallest absolute Gasteiger partial charge is 0.236 e. The highest BCUT2D eigenvalue weighted by atomic mass is 16.2. The first-order valence-corrected chi connectivity index (χ1v) is 6.49. The van der Waals surface area contributed by atoms with Crippen LogP contribution in [0.1, 0.15) is 39.0 Å². The maximum Gasteiger partial charge on any atom is 0.236 e. The summed E-state index contributed by atoms with van der Waals surface area (Å²) in [5.41, 5.74) is 5.77. The van der Waals surface area contributed by atoms with E-state index in [1.165, 1.54) is 25.9 Å². The van der Waals surface area contributed by atoms with Crippen molar-refractivity contribution in [3.05, 3.63) is 0 Å². The lowest BCUT2D eigenvalue weighted by Crippen LogP contribution is -2.43. The number of amides is 1. The van der Waals surface area contributed by atoms with Gasteiger partial charge in [0.15, 0.2) is 0 Å². The summed E-state index contributed by atoms with van der Waals surface area (Å²) < 4.78 is 0. The molecule has 1 rings (SSSR count). The van der Waals surface area contributed by atoms with E-state index in [1.807, 2.05) is 0 Å². The highest BCUT2D eigenvalue weighted by molar-refractivity contribution is 5.81. The Hall–Kier alpha value is -0.610. The quantitative estimate of drug-likeness (QED) is 0.673. The van der Waals surface area contributed by atoms with Crippen LogP contribution in [0.3, 0.4) is 0 Å². The fourth-order valence-corrected chi connectivity index (χ4v) is 2.03. The van der Waals surface area contributed by atoms with E-state index in [9.17, 15) is 4.79 Å². The summed E-state index contributed by atoms with van der Waals surface area (Å²) >= 11 is 0. The third kappa shape index (κ3) is 4.94. The van der Waals surface area contributed by atoms with Crippen LogP contribution in [-0.2, 0) is 4.79 Å². The number of likely N-dealkylation sites (tertiary alicyclic amines) is 1. The fourth-order valence-electron chi connectivity index (χ4n) is 2.03. The van der Waals surface area contributed by atoms with Crippen LogP contribution in [0.15, 0.2) is 0 Å². The van der Waals surface area contributed by atoms with Crippen LogP contribution >= 0.6 is 0 Å². The molecular weight excluding hydrogens is 202 g/mol. The summed E-state index contributed by atoms with van der Waals surface area (Å²) in [6, 6.07) is -0.321. The number of nitrogens with zero attached hydrogens (tertiary/aromatic N) is 1. The summed E-state index contributed by atoms with van der Waals surface area (Å²) in [6.07, 6.45) is 5.51. The zero-order valence-electron chi connectivity index (χ0n) is 10.4. The monoisotopic (exact) mass is 227 g/mol. The number of nitrogens with one attached hydrogen (secondary N) is 1. The van der Waals surface area contributed by atoms with Crippen LogP contribution in [0.5, 0.6) is 0 Å². The van der Waals surface area contributed by atoms with Crippen molar-refractivity contribution in [3.63, 3.8) is 0 Å². The van der Waals surface area contributed by atoms with Crippen molar-refractivity contribution < 1.29 is 4.79 Å². The number of hydrogen-bond acceptors (Lipinski definition) is 3. The van der Waals surface area contributed by atoms with Crippen LogP contribution < -0.4 is 11.1 Å². The van der Waals surface area contributed by atoms with Gasteiger partial charge in [0, 0.05) is 13.1 Å². The molecule has 1 amide bonds. The standard InChI is InChI=1S/C12H25N3O/c1-2-3-6-11(13)12(16)14-7-10-15-8-4-5-9-15/h11H,2-10,13H2,1H3,(H,14,16)/t11-/m0/s1. The molecule has 1 aliphatic heterocycles. The SMILES string of the molecule is CCCC[C@H](N)C(=O)NCCN1CCCC1. The average Bonchev–Trinajstić information content (AvgIpc) is 2.78. The maximum atomic E-state index is 11.6. The second kappa shape index (κ2) is 7.63. The van der Waals surface area contributed by atoms with E-state index in [0.29, 0.717) is 0 Å². The predicted octanol–water partition coefficient (Wildman–Crippen LogP) is 0.716. The number of nitrogens with two attached hydrogens (primary N) is 1. The Bertz CT molecular complexity index is 202. The van der Waals surface area contributed by atoms with E-state index >= 15 is 0 Å². The topological polar surface area (TPSA) is 58.4 Å². The molecule has 4 heteroatoms. The van der Waals surface area contributed by atoms with Crippen LogP contribution in [0.25, 0.3) is 0 Å². The van der Waals surface area contributed by atoms with Gasteiger partial charge in [-0.1, -0.05) is 19.8 Å². The van der Waals surface area contributed by atoms with E-state index in [4.69, 9.17) is 5.73 Å². The summed E-state index contributed by atoms with van der Waals surface area (Å²) in [5.74, 6) is 0.00708. The molecule has 16 heavy (non-hydrogen) atoms. The molecule has 0 radical (unpaired) electrons. The van der Waals surface area contributed by atoms with E-state index in [2.05, 4.69) is 17.1 Å². The molecule has 0 aromatic carbocycles. The van der Waals surface area contributed by atoms with Crippen LogP contribution in [0.4, 0.5) is 0 Å². The van der Waals surface area contributed by atoms with Gasteiger partial charge in [-0.25, -0.2) is 0 Å². The van der Waals surface area contributed by atoms with Gasteiger partial charge in [0.1, 0.15) is 0 Å². The number of rotatable bonds is 7. The highest BCUT2D eigenvalue weighted by Crippen LogP contribution is 2.05. The Morgan fingerprint density at radius 1 is 1.44 bits per heavy atom. The van der Waals surface area contributed by atoms with E-state index < -0.39 is 0 Å². The summed E-state index contributed by atoms with van der Waals surface area (Å²) in [7, 11) is 0. The number of unbranched alkanes of at least 4 members (excludes halogenated alkanes) is 1. The van der Waals surface area contributed by atoms with Crippen molar-refractivity contribution >= 4 is 5.91 Å². The molecule has 94 valence electrons. The van der Waals surface area contributed by atoms with Gasteiger partial charge < -0.3 is 16.0 Å². The summed E-state index contributed by atoms with van der Waals surface area (Å²) in [5, 5.41) is 2.91. The molecule has 0 aliphatic carbocycles. The van der Waals surface area contributed by atoms with Gasteiger partial charge in [-0.3, -0.25) is 4.79 Å². The summed E-state index contributed by atoms with van der Waals surface area (Å²) in [6.45, 7) is 6.17. The molecule has 1 fully saturated rings. The van der Waals surface area contributed by atoms with Gasteiger partial charge in [0.05, 0.1) is 6.04 Å². The van der Waals surface area contributed by atoms with Gasteiger partial charge in [-0.05, 0) is 32.4 Å². The van der Waals surface area contributed by atoms with Crippen molar-refractivity contribution in [3.8, 4) is 0 Å². The van der Waals surface area contributed by atoms with Crippen molar-refractivity contribution in [1.82, 2.24) is 10.2 Å². The Balaban J connectivity index is 2.04. The van der Waals surface area contributed by atoms with E-state index in [0.717, 1.165) is 32.4 Å². The molecule has 3 N–H and O–H groups in total. The van der Waals surface area contributed by atoms with E-state index in [-0.39, 0.29) is 11.9 Å². The Labute approximate surface area is 98.6 Å². The molecule has 4 nitrogen and oxygen atoms in total. The molecule has 1 atom stereocenters. The van der Waals surface area contributed by atoms with Crippen molar-refractivity contribution in [1.29, 1.82) is 0 Å². The van der Waals surface area contributed by atoms with Gasteiger partial charge in [-0.2, -0.15) is 0 Å². The number of carbonyl (C=O) groups excluding carboxylic acids is 1. The molecule has 0 unspecified atom stereocenters. The molecule has 1 heterocycles. The molecule has 1 aliphatic rings. The number of carbonyl (C=O) groups is 1. The van der Waals surface area contributed by atoms with Crippen LogP contribution in [0.2, 0.25) is 0 Å². The van der Waals surface area contributed by atoms with Gasteiger partial charge in [0.2, 0.25) is 5.91 Å². The number of hydrogen-bond donors (Lipinski definition) is 2. The summed E-state index contributed by atoms with van der Waals surface area (Å²) in [4.78, 5) is 14.0. The maximum absolute atomic E-state index is 11.6. The first kappa shape index (κ1) is 13.5. The molecule has 0 bridgehead atoms. The van der Waals surface area contributed by atoms with Gasteiger partial charge >= 0.3 is 0 Å². The van der Waals surface area contributed by atoms with Crippen LogP contribution in [-0.4, -0.2) is 43.0 Å². The molecule has 0 aromatic rings. The zero-order chi connectivity index (χ0) is 11.8.